The number of nitrogens with zero attached hydrogens (tertiary/aromatic N) is 1. The van der Waals surface area contributed by atoms with Gasteiger partial charge in [0.05, 0.1) is 11.5 Å². The predicted molar refractivity (Wildman–Crippen MR) is 106 cm³/mol. The summed E-state index contributed by atoms with van der Waals surface area (Å²) < 4.78 is 38.0. The number of thioether (sulfide) groups is 1. The van der Waals surface area contributed by atoms with Crippen molar-refractivity contribution in [3.63, 3.8) is 0 Å². The molecule has 0 aromatic heterocycles. The third-order valence-corrected chi connectivity index (χ3v) is 5.77. The van der Waals surface area contributed by atoms with Gasteiger partial charge >= 0.3 is 0 Å². The summed E-state index contributed by atoms with van der Waals surface area (Å²) in [6.45, 7) is 0.837. The second-order valence-electron chi connectivity index (χ2n) is 5.71. The number of methoxy groups -OCH3 is 1. The molecular formula is C18H22N2O5S2. The molecule has 0 saturated carbocycles. The Labute approximate surface area is 163 Å². The van der Waals surface area contributed by atoms with Crippen LogP contribution in [0.1, 0.15) is 0 Å². The number of sulfonamides is 1. The van der Waals surface area contributed by atoms with Crippen LogP contribution in [0.3, 0.4) is 0 Å². The van der Waals surface area contributed by atoms with Crippen molar-refractivity contribution >= 4 is 32.7 Å². The number of hydrogen-bond acceptors (Lipinski definition) is 6. The van der Waals surface area contributed by atoms with E-state index in [-0.39, 0.29) is 10.1 Å². The highest BCUT2D eigenvalue weighted by molar-refractivity contribution is 8.13. The summed E-state index contributed by atoms with van der Waals surface area (Å²) in [5.74, 6) is 0.562. The molecule has 2 aromatic carbocycles. The Morgan fingerprint density at radius 3 is 2.44 bits per heavy atom. The summed E-state index contributed by atoms with van der Waals surface area (Å²) >= 11 is 1.02. The summed E-state index contributed by atoms with van der Waals surface area (Å²) in [5.41, 5.74) is 0.381. The van der Waals surface area contributed by atoms with Gasteiger partial charge in [0.2, 0.25) is 0 Å². The summed E-state index contributed by atoms with van der Waals surface area (Å²) in [6, 6.07) is 12.8. The first kappa shape index (κ1) is 21.1. The molecule has 7 nitrogen and oxygen atoms in total. The highest BCUT2D eigenvalue weighted by Crippen LogP contribution is 2.25. The van der Waals surface area contributed by atoms with E-state index < -0.39 is 10.0 Å². The first-order chi connectivity index (χ1) is 12.8. The minimum Gasteiger partial charge on any atom is -0.491 e. The van der Waals surface area contributed by atoms with E-state index >= 15 is 0 Å². The molecule has 2 aromatic rings. The molecule has 0 aliphatic carbocycles. The van der Waals surface area contributed by atoms with E-state index in [2.05, 4.69) is 4.72 Å². The van der Waals surface area contributed by atoms with Crippen LogP contribution >= 0.6 is 11.8 Å². The van der Waals surface area contributed by atoms with Gasteiger partial charge in [0.15, 0.2) is 0 Å². The summed E-state index contributed by atoms with van der Waals surface area (Å²) in [5, 5.41) is -0.140. The molecule has 2 rings (SSSR count). The Hall–Kier alpha value is -2.23. The lowest BCUT2D eigenvalue weighted by Crippen LogP contribution is -2.16. The van der Waals surface area contributed by atoms with Crippen molar-refractivity contribution in [3.8, 4) is 5.75 Å². The van der Waals surface area contributed by atoms with Crippen molar-refractivity contribution in [3.05, 3.63) is 48.5 Å². The van der Waals surface area contributed by atoms with Crippen LogP contribution in [0.25, 0.3) is 0 Å². The van der Waals surface area contributed by atoms with E-state index in [9.17, 15) is 13.2 Å². The van der Waals surface area contributed by atoms with Crippen LogP contribution in [-0.2, 0) is 14.8 Å². The van der Waals surface area contributed by atoms with Crippen molar-refractivity contribution < 1.29 is 22.7 Å². The average Bonchev–Trinajstić information content (AvgIpc) is 2.62. The van der Waals surface area contributed by atoms with E-state index in [1.165, 1.54) is 17.0 Å². The zero-order valence-electron chi connectivity index (χ0n) is 15.3. The second kappa shape index (κ2) is 9.63. The summed E-state index contributed by atoms with van der Waals surface area (Å²) in [7, 11) is 1.14. The van der Waals surface area contributed by atoms with E-state index in [1.54, 1.807) is 57.6 Å². The van der Waals surface area contributed by atoms with Crippen LogP contribution in [-0.4, -0.2) is 53.0 Å². The molecule has 0 aliphatic heterocycles. The van der Waals surface area contributed by atoms with E-state index in [0.717, 1.165) is 11.8 Å². The number of rotatable bonds is 8. The van der Waals surface area contributed by atoms with Gasteiger partial charge in [0.25, 0.3) is 15.3 Å². The van der Waals surface area contributed by atoms with Gasteiger partial charge < -0.3 is 14.4 Å². The number of anilines is 1. The van der Waals surface area contributed by atoms with Gasteiger partial charge in [-0.2, -0.15) is 0 Å². The second-order valence-corrected chi connectivity index (χ2v) is 8.42. The molecule has 0 bridgehead atoms. The maximum Gasteiger partial charge on any atom is 0.285 e. The third kappa shape index (κ3) is 6.46. The number of nitrogens with one attached hydrogen (secondary N) is 1. The minimum absolute atomic E-state index is 0.115. The van der Waals surface area contributed by atoms with Crippen molar-refractivity contribution in [1.82, 2.24) is 4.90 Å². The third-order valence-electron chi connectivity index (χ3n) is 3.35. The fourth-order valence-electron chi connectivity index (χ4n) is 1.99. The van der Waals surface area contributed by atoms with Crippen LogP contribution < -0.4 is 9.46 Å². The van der Waals surface area contributed by atoms with Gasteiger partial charge in [-0.3, -0.25) is 9.52 Å². The van der Waals surface area contributed by atoms with Crippen LogP contribution in [0.4, 0.5) is 10.5 Å². The van der Waals surface area contributed by atoms with Crippen molar-refractivity contribution in [2.45, 2.75) is 9.79 Å². The van der Waals surface area contributed by atoms with Crippen LogP contribution in [0.2, 0.25) is 0 Å². The lowest BCUT2D eigenvalue weighted by molar-refractivity contribution is 0.146. The highest BCUT2D eigenvalue weighted by atomic mass is 32.2. The van der Waals surface area contributed by atoms with Crippen molar-refractivity contribution in [2.24, 2.45) is 0 Å². The Morgan fingerprint density at radius 1 is 1.11 bits per heavy atom. The number of carbonyl (C=O) groups excluding carboxylic acids is 1. The number of benzene rings is 2. The first-order valence-corrected chi connectivity index (χ1v) is 10.4. The Balaban J connectivity index is 2.08. The fraction of sp³-hybridized carbons (Fsp3) is 0.278. The van der Waals surface area contributed by atoms with Gasteiger partial charge in [0.1, 0.15) is 12.4 Å². The summed E-state index contributed by atoms with van der Waals surface area (Å²) in [6.07, 6.45) is 0. The molecule has 0 heterocycles. The molecule has 0 saturated heterocycles. The SMILES string of the molecule is COCCOc1ccc(S(=O)(=O)Nc2cccc(SC(=O)N(C)C)c2)cc1. The zero-order valence-corrected chi connectivity index (χ0v) is 17.0. The molecule has 1 N–H and O–H groups in total. The van der Waals surface area contributed by atoms with Gasteiger partial charge in [0, 0.05) is 31.8 Å². The maximum absolute atomic E-state index is 12.6. The number of ether oxygens (including phenoxy) is 2. The Morgan fingerprint density at radius 2 is 1.81 bits per heavy atom. The van der Waals surface area contributed by atoms with E-state index in [1.807, 2.05) is 0 Å². The van der Waals surface area contributed by atoms with Crippen LogP contribution in [0, 0.1) is 0 Å². The van der Waals surface area contributed by atoms with Gasteiger partial charge in [-0.25, -0.2) is 8.42 Å². The molecule has 0 spiro atoms. The largest absolute Gasteiger partial charge is 0.491 e. The van der Waals surface area contributed by atoms with Gasteiger partial charge in [-0.15, -0.1) is 0 Å². The van der Waals surface area contributed by atoms with Crippen molar-refractivity contribution in [1.29, 1.82) is 0 Å². The number of hydrogen-bond donors (Lipinski definition) is 1. The standard InChI is InChI=1S/C18H22N2O5S2/c1-20(2)18(21)26-16-6-4-5-14(13-16)19-27(22,23)17-9-7-15(8-10-17)25-12-11-24-3/h4-10,13,19H,11-12H2,1-3H3. The normalized spacial score (nSPS) is 11.1. The molecule has 0 fully saturated rings. The molecule has 27 heavy (non-hydrogen) atoms. The molecular weight excluding hydrogens is 388 g/mol. The molecule has 146 valence electrons. The monoisotopic (exact) mass is 410 g/mol. The molecule has 0 atom stereocenters. The molecule has 0 aliphatic rings. The molecule has 9 heteroatoms. The average molecular weight is 411 g/mol. The summed E-state index contributed by atoms with van der Waals surface area (Å²) in [4.78, 5) is 14.0. The van der Waals surface area contributed by atoms with E-state index in [0.29, 0.717) is 29.5 Å². The smallest absolute Gasteiger partial charge is 0.285 e. The number of amides is 1. The lowest BCUT2D eigenvalue weighted by Gasteiger charge is -2.12. The lowest BCUT2D eigenvalue weighted by atomic mass is 10.3. The molecule has 1 amide bonds. The minimum atomic E-state index is -3.75. The zero-order chi connectivity index (χ0) is 19.9. The van der Waals surface area contributed by atoms with Crippen LogP contribution in [0.15, 0.2) is 58.3 Å². The maximum atomic E-state index is 12.6. The van der Waals surface area contributed by atoms with Gasteiger partial charge in [-0.1, -0.05) is 6.07 Å². The Kier molecular flexibility index (Phi) is 7.52. The predicted octanol–water partition coefficient (Wildman–Crippen LogP) is 3.29. The highest BCUT2D eigenvalue weighted by Gasteiger charge is 2.15. The molecule has 0 unspecified atom stereocenters. The fourth-order valence-corrected chi connectivity index (χ4v) is 3.75. The molecule has 0 radical (unpaired) electrons. The topological polar surface area (TPSA) is 84.9 Å². The van der Waals surface area contributed by atoms with Crippen molar-refractivity contribution in [2.75, 3.05) is 39.1 Å². The Bertz CT molecular complexity index is 868. The number of carbonyl (C=O) groups is 1. The first-order valence-electron chi connectivity index (χ1n) is 8.05. The van der Waals surface area contributed by atoms with Crippen LogP contribution in [0.5, 0.6) is 5.75 Å². The quantitative estimate of drug-likeness (QED) is 0.531. The van der Waals surface area contributed by atoms with E-state index in [4.69, 9.17) is 9.47 Å². The van der Waals surface area contributed by atoms with Gasteiger partial charge in [-0.05, 0) is 54.2 Å².